The molecule has 0 spiro atoms. The maximum atomic E-state index is 14.1. The van der Waals surface area contributed by atoms with Crippen molar-refractivity contribution < 1.29 is 9.13 Å². The Labute approximate surface area is 141 Å². The topological polar surface area (TPSA) is 33.0 Å². The van der Waals surface area contributed by atoms with Crippen molar-refractivity contribution in [3.63, 3.8) is 0 Å². The Bertz CT molecular complexity index is 669. The van der Waals surface area contributed by atoms with E-state index in [0.717, 1.165) is 12.2 Å². The molecule has 0 aliphatic heterocycles. The lowest BCUT2D eigenvalue weighted by atomic mass is 10.0. The van der Waals surface area contributed by atoms with Gasteiger partial charge in [0.2, 0.25) is 0 Å². The molecule has 2 aromatic carbocycles. The van der Waals surface area contributed by atoms with Crippen molar-refractivity contribution in [3.05, 3.63) is 52.8 Å². The van der Waals surface area contributed by atoms with Crippen LogP contribution in [0.4, 0.5) is 4.39 Å². The molecule has 0 saturated carbocycles. The van der Waals surface area contributed by atoms with Gasteiger partial charge in [-0.1, -0.05) is 49.9 Å². The summed E-state index contributed by atoms with van der Waals surface area (Å²) in [5.41, 5.74) is 1.18. The molecule has 120 valence electrons. The molecule has 23 heavy (non-hydrogen) atoms. The molecule has 0 saturated heterocycles. The van der Waals surface area contributed by atoms with Crippen LogP contribution in [0.1, 0.15) is 38.2 Å². The highest BCUT2D eigenvalue weighted by Crippen LogP contribution is 2.32. The number of ether oxygens (including phenoxy) is 1. The Hall–Kier alpha value is -2.05. The van der Waals surface area contributed by atoms with Gasteiger partial charge in [0.25, 0.3) is 0 Å². The van der Waals surface area contributed by atoms with E-state index in [4.69, 9.17) is 21.6 Å². The average Bonchev–Trinajstić information content (AvgIpc) is 2.55. The molecular formula is C19H19ClFNO. The summed E-state index contributed by atoms with van der Waals surface area (Å²) >= 11 is 6.10. The van der Waals surface area contributed by atoms with E-state index in [0.29, 0.717) is 17.7 Å². The highest BCUT2D eigenvalue weighted by Gasteiger charge is 2.12. The van der Waals surface area contributed by atoms with E-state index in [-0.39, 0.29) is 10.6 Å². The van der Waals surface area contributed by atoms with Crippen LogP contribution in [0.5, 0.6) is 5.75 Å². The van der Waals surface area contributed by atoms with E-state index >= 15 is 0 Å². The quantitative estimate of drug-likeness (QED) is 0.585. The SMILES string of the molecule is CCCCCCOc1ccc(-c2c(F)cc(C#N)cc2Cl)cc1. The molecule has 2 aromatic rings. The molecule has 0 amide bonds. The predicted octanol–water partition coefficient (Wildman–Crippen LogP) is 5.98. The van der Waals surface area contributed by atoms with Gasteiger partial charge in [0.05, 0.1) is 23.3 Å². The Morgan fingerprint density at radius 2 is 1.87 bits per heavy atom. The van der Waals surface area contributed by atoms with E-state index in [2.05, 4.69) is 6.92 Å². The Morgan fingerprint density at radius 3 is 2.48 bits per heavy atom. The summed E-state index contributed by atoms with van der Waals surface area (Å²) in [4.78, 5) is 0. The van der Waals surface area contributed by atoms with Crippen LogP contribution in [0.3, 0.4) is 0 Å². The van der Waals surface area contributed by atoms with Crippen LogP contribution >= 0.6 is 11.6 Å². The number of hydrogen-bond acceptors (Lipinski definition) is 2. The second kappa shape index (κ2) is 8.55. The van der Waals surface area contributed by atoms with Crippen molar-refractivity contribution in [1.82, 2.24) is 0 Å². The van der Waals surface area contributed by atoms with E-state index in [1.165, 1.54) is 31.4 Å². The monoisotopic (exact) mass is 331 g/mol. The van der Waals surface area contributed by atoms with Gasteiger partial charge in [-0.05, 0) is 36.2 Å². The summed E-state index contributed by atoms with van der Waals surface area (Å²) in [5, 5.41) is 9.06. The molecule has 0 aromatic heterocycles. The molecule has 2 nitrogen and oxygen atoms in total. The van der Waals surface area contributed by atoms with Gasteiger partial charge in [0.15, 0.2) is 0 Å². The molecule has 0 unspecified atom stereocenters. The maximum Gasteiger partial charge on any atom is 0.133 e. The van der Waals surface area contributed by atoms with Crippen LogP contribution in [-0.4, -0.2) is 6.61 Å². The number of halogens is 2. The van der Waals surface area contributed by atoms with E-state index in [1.807, 2.05) is 18.2 Å². The molecule has 0 radical (unpaired) electrons. The molecule has 0 heterocycles. The molecule has 0 aliphatic rings. The average molecular weight is 332 g/mol. The first-order valence-corrected chi connectivity index (χ1v) is 8.16. The second-order valence-electron chi connectivity index (χ2n) is 5.36. The minimum atomic E-state index is -0.498. The van der Waals surface area contributed by atoms with E-state index < -0.39 is 5.82 Å². The first-order chi connectivity index (χ1) is 11.2. The highest BCUT2D eigenvalue weighted by atomic mass is 35.5. The Balaban J connectivity index is 2.07. The van der Waals surface area contributed by atoms with Crippen LogP contribution in [0.2, 0.25) is 5.02 Å². The number of nitrogens with zero attached hydrogens (tertiary/aromatic N) is 1. The van der Waals surface area contributed by atoms with Crippen molar-refractivity contribution >= 4 is 11.6 Å². The largest absolute Gasteiger partial charge is 0.494 e. The van der Waals surface area contributed by atoms with Gasteiger partial charge in [-0.25, -0.2) is 4.39 Å². The van der Waals surface area contributed by atoms with Crippen LogP contribution in [0, 0.1) is 17.1 Å². The summed E-state index contributed by atoms with van der Waals surface area (Å²) in [5.74, 6) is 0.262. The summed E-state index contributed by atoms with van der Waals surface area (Å²) in [6.07, 6.45) is 4.62. The van der Waals surface area contributed by atoms with Crippen LogP contribution < -0.4 is 4.74 Å². The molecule has 0 atom stereocenters. The summed E-state index contributed by atoms with van der Waals surface area (Å²) in [6.45, 7) is 2.86. The maximum absolute atomic E-state index is 14.1. The molecule has 0 bridgehead atoms. The summed E-state index contributed by atoms with van der Waals surface area (Å²) in [6, 6.07) is 11.7. The number of hydrogen-bond donors (Lipinski definition) is 0. The van der Waals surface area contributed by atoms with Crippen molar-refractivity contribution in [2.24, 2.45) is 0 Å². The minimum Gasteiger partial charge on any atom is -0.494 e. The molecule has 2 rings (SSSR count). The lowest BCUT2D eigenvalue weighted by molar-refractivity contribution is 0.305. The zero-order valence-corrected chi connectivity index (χ0v) is 13.9. The van der Waals surface area contributed by atoms with E-state index in [9.17, 15) is 4.39 Å². The van der Waals surface area contributed by atoms with Crippen molar-refractivity contribution in [1.29, 1.82) is 5.26 Å². The van der Waals surface area contributed by atoms with Crippen LogP contribution in [-0.2, 0) is 0 Å². The summed E-state index contributed by atoms with van der Waals surface area (Å²) in [7, 11) is 0. The van der Waals surface area contributed by atoms with Gasteiger partial charge in [-0.2, -0.15) is 5.26 Å². The van der Waals surface area contributed by atoms with Crippen molar-refractivity contribution in [3.8, 4) is 22.9 Å². The van der Waals surface area contributed by atoms with Crippen LogP contribution in [0.15, 0.2) is 36.4 Å². The van der Waals surface area contributed by atoms with Crippen molar-refractivity contribution in [2.45, 2.75) is 32.6 Å². The predicted molar refractivity (Wildman–Crippen MR) is 91.2 cm³/mol. The fourth-order valence-electron chi connectivity index (χ4n) is 2.35. The normalized spacial score (nSPS) is 10.3. The fraction of sp³-hybridized carbons (Fsp3) is 0.316. The van der Waals surface area contributed by atoms with Gasteiger partial charge in [0, 0.05) is 5.56 Å². The fourth-order valence-corrected chi connectivity index (χ4v) is 2.67. The Kier molecular flexibility index (Phi) is 6.43. The van der Waals surface area contributed by atoms with Gasteiger partial charge in [-0.15, -0.1) is 0 Å². The molecule has 0 fully saturated rings. The second-order valence-corrected chi connectivity index (χ2v) is 5.77. The van der Waals surface area contributed by atoms with Crippen molar-refractivity contribution in [2.75, 3.05) is 6.61 Å². The molecular weight excluding hydrogens is 313 g/mol. The Morgan fingerprint density at radius 1 is 1.13 bits per heavy atom. The van der Waals surface area contributed by atoms with Gasteiger partial charge in [0.1, 0.15) is 11.6 Å². The zero-order valence-electron chi connectivity index (χ0n) is 13.1. The number of rotatable bonds is 7. The van der Waals surface area contributed by atoms with Gasteiger partial charge < -0.3 is 4.74 Å². The number of benzene rings is 2. The van der Waals surface area contributed by atoms with Gasteiger partial charge >= 0.3 is 0 Å². The molecule has 0 aliphatic carbocycles. The first-order valence-electron chi connectivity index (χ1n) is 7.78. The van der Waals surface area contributed by atoms with Gasteiger partial charge in [-0.3, -0.25) is 0 Å². The molecule has 4 heteroatoms. The number of unbranched alkanes of at least 4 members (excludes halogenated alkanes) is 3. The zero-order chi connectivity index (χ0) is 16.7. The first kappa shape index (κ1) is 17.3. The highest BCUT2D eigenvalue weighted by molar-refractivity contribution is 6.33. The third-order valence-corrected chi connectivity index (χ3v) is 3.88. The standard InChI is InChI=1S/C19H19ClFNO/c1-2-3-4-5-10-23-16-8-6-15(7-9-16)19-17(20)11-14(13-22)12-18(19)21/h6-9,11-12H,2-5,10H2,1H3. The third-order valence-electron chi connectivity index (χ3n) is 3.58. The summed E-state index contributed by atoms with van der Waals surface area (Å²) < 4.78 is 19.8. The third kappa shape index (κ3) is 4.71. The minimum absolute atomic E-state index is 0.211. The van der Waals surface area contributed by atoms with Crippen LogP contribution in [0.25, 0.3) is 11.1 Å². The lowest BCUT2D eigenvalue weighted by Gasteiger charge is -2.09. The molecule has 0 N–H and O–H groups in total. The lowest BCUT2D eigenvalue weighted by Crippen LogP contribution is -1.97. The smallest absolute Gasteiger partial charge is 0.133 e. The number of nitriles is 1. The van der Waals surface area contributed by atoms with E-state index in [1.54, 1.807) is 12.1 Å².